The van der Waals surface area contributed by atoms with E-state index in [9.17, 15) is 9.90 Å². The Balaban J connectivity index is 2.02. The second kappa shape index (κ2) is 6.52. The zero-order valence-corrected chi connectivity index (χ0v) is 13.2. The van der Waals surface area contributed by atoms with Gasteiger partial charge in [0.1, 0.15) is 5.69 Å². The van der Waals surface area contributed by atoms with Crippen LogP contribution < -0.4 is 5.32 Å². The van der Waals surface area contributed by atoms with E-state index in [4.69, 9.17) is 23.2 Å². The molecule has 1 unspecified atom stereocenters. The molecule has 0 fully saturated rings. The second-order valence-electron chi connectivity index (χ2n) is 4.90. The van der Waals surface area contributed by atoms with Crippen molar-refractivity contribution in [2.75, 3.05) is 6.54 Å². The monoisotopic (exact) mass is 326 g/mol. The molecule has 0 spiro atoms. The topological polar surface area (TPSA) is 65.1 Å². The highest BCUT2D eigenvalue weighted by Crippen LogP contribution is 2.26. The van der Waals surface area contributed by atoms with Gasteiger partial charge in [0.05, 0.1) is 6.10 Å². The molecule has 0 saturated carbocycles. The summed E-state index contributed by atoms with van der Waals surface area (Å²) in [6, 6.07) is 6.74. The molecule has 112 valence electrons. The summed E-state index contributed by atoms with van der Waals surface area (Å²) in [5.41, 5.74) is 2.81. The minimum atomic E-state index is -0.893. The van der Waals surface area contributed by atoms with Crippen LogP contribution in [0.5, 0.6) is 0 Å². The quantitative estimate of drug-likeness (QED) is 0.806. The smallest absolute Gasteiger partial charge is 0.268 e. The number of benzene rings is 1. The molecule has 1 aromatic heterocycles. The lowest BCUT2D eigenvalue weighted by atomic mass is 10.1. The minimum absolute atomic E-state index is 0.0672. The van der Waals surface area contributed by atoms with Crippen LogP contribution in [0.3, 0.4) is 0 Å². The summed E-state index contributed by atoms with van der Waals surface area (Å²) >= 11 is 11.8. The minimum Gasteiger partial charge on any atom is -0.387 e. The second-order valence-corrected chi connectivity index (χ2v) is 5.75. The molecule has 1 amide bonds. The summed E-state index contributed by atoms with van der Waals surface area (Å²) < 4.78 is 0. The Hall–Kier alpha value is -1.49. The lowest BCUT2D eigenvalue weighted by Gasteiger charge is -2.14. The first-order valence-electron chi connectivity index (χ1n) is 6.46. The number of amides is 1. The number of rotatable bonds is 4. The summed E-state index contributed by atoms with van der Waals surface area (Å²) in [6.45, 7) is 3.80. The third kappa shape index (κ3) is 3.79. The molecule has 1 heterocycles. The average molecular weight is 327 g/mol. The standard InChI is InChI=1S/C15H16Cl2N2O2/c1-8-5-9(2)19-14(8)15(21)18-7-13(20)11-4-3-10(16)6-12(11)17/h3-6,13,19-20H,7H2,1-2H3,(H,18,21). The molecule has 3 N–H and O–H groups in total. The van der Waals surface area contributed by atoms with Crippen LogP contribution in [0.4, 0.5) is 0 Å². The molecule has 0 aliphatic heterocycles. The van der Waals surface area contributed by atoms with Gasteiger partial charge >= 0.3 is 0 Å². The van der Waals surface area contributed by atoms with Crippen LogP contribution in [0.25, 0.3) is 0 Å². The van der Waals surface area contributed by atoms with Crippen LogP contribution in [0, 0.1) is 13.8 Å². The van der Waals surface area contributed by atoms with Gasteiger partial charge in [-0.1, -0.05) is 29.3 Å². The van der Waals surface area contributed by atoms with E-state index in [1.54, 1.807) is 18.2 Å². The van der Waals surface area contributed by atoms with Crippen molar-refractivity contribution < 1.29 is 9.90 Å². The lowest BCUT2D eigenvalue weighted by molar-refractivity contribution is 0.0911. The maximum atomic E-state index is 12.0. The van der Waals surface area contributed by atoms with Gasteiger partial charge in [0.25, 0.3) is 5.91 Å². The zero-order valence-electron chi connectivity index (χ0n) is 11.7. The number of carbonyl (C=O) groups is 1. The number of nitrogens with one attached hydrogen (secondary N) is 2. The van der Waals surface area contributed by atoms with Crippen LogP contribution in [0.1, 0.15) is 33.4 Å². The molecule has 0 aliphatic carbocycles. The molecular weight excluding hydrogens is 311 g/mol. The Morgan fingerprint density at radius 2 is 2.05 bits per heavy atom. The third-order valence-electron chi connectivity index (χ3n) is 3.15. The van der Waals surface area contributed by atoms with Gasteiger partial charge in [-0.3, -0.25) is 4.79 Å². The van der Waals surface area contributed by atoms with Crippen molar-refractivity contribution in [1.82, 2.24) is 10.3 Å². The van der Waals surface area contributed by atoms with E-state index < -0.39 is 6.10 Å². The molecule has 4 nitrogen and oxygen atoms in total. The van der Waals surface area contributed by atoms with Crippen LogP contribution in [0.15, 0.2) is 24.3 Å². The van der Waals surface area contributed by atoms with Gasteiger partial charge in [-0.25, -0.2) is 0 Å². The number of aliphatic hydroxyl groups excluding tert-OH is 1. The van der Waals surface area contributed by atoms with Gasteiger partial charge in [0.2, 0.25) is 0 Å². The van der Waals surface area contributed by atoms with E-state index in [0.717, 1.165) is 11.3 Å². The van der Waals surface area contributed by atoms with Crippen LogP contribution in [0.2, 0.25) is 10.0 Å². The van der Waals surface area contributed by atoms with Gasteiger partial charge in [-0.2, -0.15) is 0 Å². The Labute approximate surface area is 133 Å². The first-order chi connectivity index (χ1) is 9.88. The number of hydrogen-bond donors (Lipinski definition) is 3. The maximum absolute atomic E-state index is 12.0. The highest BCUT2D eigenvalue weighted by Gasteiger charge is 2.16. The third-order valence-corrected chi connectivity index (χ3v) is 3.72. The number of aryl methyl sites for hydroxylation is 2. The van der Waals surface area contributed by atoms with Gasteiger partial charge in [0.15, 0.2) is 0 Å². The van der Waals surface area contributed by atoms with E-state index in [-0.39, 0.29) is 12.5 Å². The summed E-state index contributed by atoms with van der Waals surface area (Å²) in [5.74, 6) is -0.260. The number of aliphatic hydroxyl groups is 1. The Morgan fingerprint density at radius 3 is 2.62 bits per heavy atom. The predicted molar refractivity (Wildman–Crippen MR) is 84.0 cm³/mol. The normalized spacial score (nSPS) is 12.2. The molecule has 0 aliphatic rings. The molecule has 0 radical (unpaired) electrons. The SMILES string of the molecule is Cc1cc(C)c(C(=O)NCC(O)c2ccc(Cl)cc2Cl)[nH]1. The number of aromatic amines is 1. The zero-order chi connectivity index (χ0) is 15.6. The fourth-order valence-electron chi connectivity index (χ4n) is 2.12. The molecule has 0 bridgehead atoms. The van der Waals surface area contributed by atoms with Crippen molar-refractivity contribution in [1.29, 1.82) is 0 Å². The fraction of sp³-hybridized carbons (Fsp3) is 0.267. The summed E-state index contributed by atoms with van der Waals surface area (Å²) in [7, 11) is 0. The highest BCUT2D eigenvalue weighted by atomic mass is 35.5. The summed E-state index contributed by atoms with van der Waals surface area (Å²) in [6.07, 6.45) is -0.893. The molecule has 2 aromatic rings. The van der Waals surface area contributed by atoms with Crippen molar-refractivity contribution in [2.24, 2.45) is 0 Å². The van der Waals surface area contributed by atoms with E-state index in [0.29, 0.717) is 21.3 Å². The van der Waals surface area contributed by atoms with Crippen LogP contribution >= 0.6 is 23.2 Å². The van der Waals surface area contributed by atoms with Crippen molar-refractivity contribution in [3.8, 4) is 0 Å². The summed E-state index contributed by atoms with van der Waals surface area (Å²) in [5, 5.41) is 13.7. The van der Waals surface area contributed by atoms with E-state index in [2.05, 4.69) is 10.3 Å². The largest absolute Gasteiger partial charge is 0.387 e. The highest BCUT2D eigenvalue weighted by molar-refractivity contribution is 6.35. The molecule has 0 saturated heterocycles. The summed E-state index contributed by atoms with van der Waals surface area (Å²) in [4.78, 5) is 15.0. The Kier molecular flexibility index (Phi) is 4.93. The number of aromatic nitrogens is 1. The number of carbonyl (C=O) groups excluding carboxylic acids is 1. The van der Waals surface area contributed by atoms with Crippen LogP contribution in [-0.4, -0.2) is 22.5 Å². The molecule has 6 heteroatoms. The Morgan fingerprint density at radius 1 is 1.33 bits per heavy atom. The fourth-order valence-corrected chi connectivity index (χ4v) is 2.66. The number of halogens is 2. The van der Waals surface area contributed by atoms with Gasteiger partial charge < -0.3 is 15.4 Å². The van der Waals surface area contributed by atoms with Crippen molar-refractivity contribution in [3.05, 3.63) is 56.8 Å². The van der Waals surface area contributed by atoms with Gasteiger partial charge in [-0.15, -0.1) is 0 Å². The van der Waals surface area contributed by atoms with E-state index in [1.807, 2.05) is 19.9 Å². The predicted octanol–water partition coefficient (Wildman–Crippen LogP) is 3.40. The van der Waals surface area contributed by atoms with Gasteiger partial charge in [0, 0.05) is 27.8 Å². The molecule has 21 heavy (non-hydrogen) atoms. The first-order valence-corrected chi connectivity index (χ1v) is 7.21. The van der Waals surface area contributed by atoms with Gasteiger partial charge in [-0.05, 0) is 37.6 Å². The van der Waals surface area contributed by atoms with E-state index >= 15 is 0 Å². The average Bonchev–Trinajstić information content (AvgIpc) is 2.74. The number of hydrogen-bond acceptors (Lipinski definition) is 2. The maximum Gasteiger partial charge on any atom is 0.268 e. The Bertz CT molecular complexity index is 668. The van der Waals surface area contributed by atoms with Crippen molar-refractivity contribution >= 4 is 29.1 Å². The number of H-pyrrole nitrogens is 1. The molecular formula is C15H16Cl2N2O2. The molecule has 2 rings (SSSR count). The molecule has 1 atom stereocenters. The first kappa shape index (κ1) is 15.9. The van der Waals surface area contributed by atoms with Crippen molar-refractivity contribution in [2.45, 2.75) is 20.0 Å². The van der Waals surface area contributed by atoms with Crippen LogP contribution in [-0.2, 0) is 0 Å². The lowest BCUT2D eigenvalue weighted by Crippen LogP contribution is -2.29. The van der Waals surface area contributed by atoms with E-state index in [1.165, 1.54) is 0 Å². The van der Waals surface area contributed by atoms with Crippen molar-refractivity contribution in [3.63, 3.8) is 0 Å². The molecule has 1 aromatic carbocycles.